The highest BCUT2D eigenvalue weighted by Gasteiger charge is 2.38. The summed E-state index contributed by atoms with van der Waals surface area (Å²) in [6, 6.07) is 31.8. The number of anilines is 2. The van der Waals surface area contributed by atoms with E-state index in [1.54, 1.807) is 24.3 Å². The van der Waals surface area contributed by atoms with E-state index in [0.29, 0.717) is 105 Å². The Kier molecular flexibility index (Phi) is 18.3. The number of ether oxygens (including phenoxy) is 3. The predicted molar refractivity (Wildman–Crippen MR) is 305 cm³/mol. The van der Waals surface area contributed by atoms with Crippen LogP contribution in [0.15, 0.2) is 136 Å². The zero-order valence-corrected chi connectivity index (χ0v) is 45.5. The van der Waals surface area contributed by atoms with Gasteiger partial charge in [0, 0.05) is 130 Å². The zero-order valence-electron chi connectivity index (χ0n) is 44.6. The summed E-state index contributed by atoms with van der Waals surface area (Å²) in [5.74, 6) is -0.133. The first kappa shape index (κ1) is 56.8. The largest absolute Gasteiger partial charge is 0.494 e. The van der Waals surface area contributed by atoms with Gasteiger partial charge in [0.15, 0.2) is 0 Å². The molecular formula is C58H58N10O11S. The van der Waals surface area contributed by atoms with E-state index < -0.39 is 22.0 Å². The third kappa shape index (κ3) is 13.6. The highest BCUT2D eigenvalue weighted by molar-refractivity contribution is 8.00. The Balaban J connectivity index is 0.754. The van der Waals surface area contributed by atoms with Crippen LogP contribution in [-0.4, -0.2) is 117 Å². The number of hydrogen-bond acceptors (Lipinski definition) is 17. The number of hydrogen-bond donors (Lipinski definition) is 3. The molecule has 0 aliphatic carbocycles. The van der Waals surface area contributed by atoms with E-state index in [1.165, 1.54) is 67.3 Å². The van der Waals surface area contributed by atoms with Gasteiger partial charge in [-0.05, 0) is 96.4 Å². The first-order valence-electron chi connectivity index (χ1n) is 25.4. The average Bonchev–Trinajstić information content (AvgIpc) is 3.73. The Morgan fingerprint density at radius 2 is 1.45 bits per heavy atom. The Hall–Kier alpha value is -9.44. The van der Waals surface area contributed by atoms with Crippen molar-refractivity contribution in [2.75, 3.05) is 77.1 Å². The molecule has 0 radical (unpaired) electrons. The normalized spacial score (nSPS) is 13.7. The highest BCUT2D eigenvalue weighted by atomic mass is 32.2. The molecular weight excluding hydrogens is 1040 g/mol. The van der Waals surface area contributed by atoms with E-state index in [0.717, 1.165) is 11.4 Å². The summed E-state index contributed by atoms with van der Waals surface area (Å²) in [5.41, 5.74) is 5.31. The number of carbonyl (C=O) groups excluding carboxylic acids is 4. The quantitative estimate of drug-likeness (QED) is 0.0168. The molecule has 412 valence electrons. The number of methoxy groups -OCH3 is 2. The first-order chi connectivity index (χ1) is 38.5. The number of likely N-dealkylation sites (tertiary alicyclic amines) is 1. The van der Waals surface area contributed by atoms with Crippen molar-refractivity contribution in [1.82, 2.24) is 15.5 Å². The van der Waals surface area contributed by atoms with Crippen molar-refractivity contribution in [3.05, 3.63) is 158 Å². The van der Waals surface area contributed by atoms with E-state index >= 15 is 0 Å². The molecule has 2 heterocycles. The maximum Gasteiger partial charge on any atom is 0.336 e. The van der Waals surface area contributed by atoms with E-state index in [4.69, 9.17) is 14.2 Å². The third-order valence-electron chi connectivity index (χ3n) is 13.1. The summed E-state index contributed by atoms with van der Waals surface area (Å²) in [6.07, 6.45) is 1.22. The van der Waals surface area contributed by atoms with Crippen molar-refractivity contribution in [2.45, 2.75) is 30.9 Å². The van der Waals surface area contributed by atoms with Crippen LogP contribution >= 0.6 is 11.8 Å². The molecule has 0 aromatic heterocycles. The van der Waals surface area contributed by atoms with E-state index in [-0.39, 0.29) is 60.5 Å². The fraction of sp³-hybridized carbons (Fsp3) is 0.259. The number of imide groups is 1. The van der Waals surface area contributed by atoms with E-state index in [1.807, 2.05) is 85.5 Å². The summed E-state index contributed by atoms with van der Waals surface area (Å²) in [5, 5.41) is 45.0. The van der Waals surface area contributed by atoms with Gasteiger partial charge in [0.2, 0.25) is 17.7 Å². The maximum absolute atomic E-state index is 13.6. The highest BCUT2D eigenvalue weighted by Crippen LogP contribution is 2.42. The number of amides is 4. The maximum atomic E-state index is 13.6. The van der Waals surface area contributed by atoms with Crippen LogP contribution in [-0.2, 0) is 14.4 Å². The second-order valence-electron chi connectivity index (χ2n) is 18.8. The third-order valence-corrected chi connectivity index (χ3v) is 14.3. The molecule has 2 aliphatic rings. The molecule has 0 bridgehead atoms. The van der Waals surface area contributed by atoms with Crippen molar-refractivity contribution in [3.63, 3.8) is 0 Å². The van der Waals surface area contributed by atoms with Crippen molar-refractivity contribution in [3.8, 4) is 23.0 Å². The number of nitrogens with zero attached hydrogens (tertiary/aromatic N) is 8. The molecule has 6 aromatic rings. The van der Waals surface area contributed by atoms with E-state index in [2.05, 4.69) is 37.7 Å². The SMILES string of the molecule is C=c1ccc2c(c1)Oc1cc(N(C)C)ccc1C=2c1cc(C(=O)NCCCN2C(=O)CC(SCCNC(=O)CCCN(C)c3ccc(/N=N/c4cc(OC)c(/N=N/c5ccc([N+](=O)[O-])cc5)cc4OC)cc3)C2=O)ccc1C(=O)O. The lowest BCUT2D eigenvalue weighted by Gasteiger charge is -2.24. The van der Waals surface area contributed by atoms with Gasteiger partial charge in [0.05, 0.1) is 41.3 Å². The van der Waals surface area contributed by atoms with Gasteiger partial charge in [-0.3, -0.25) is 34.2 Å². The van der Waals surface area contributed by atoms with Crippen LogP contribution in [0, 0.1) is 10.1 Å². The Labute approximate surface area is 464 Å². The standard InChI is InChI=1S/C58H58N10O11S/c1-35-10-21-43-48(29-35)79-49-31-41(65(2)3)20-23-44(49)55(43)45-30-36(11-22-42(45)58(73)74)56(71)60-24-8-27-67-54(70)34-52(57(67)72)80-28-25-59-53(69)9-7-26-66(4)39-16-12-37(13-17-39)61-63-46-32-51(78-6)47(33-50(46)77-5)64-62-38-14-18-40(19-15-38)68(75)76/h10-23,29-33,52H,1,7-9,24-28,34H2,2-6H3,(H,59,69)(H,60,71)(H,73,74)/b63-61+,64-62+. The van der Waals surface area contributed by atoms with E-state index in [9.17, 15) is 39.2 Å². The Bertz CT molecular complexity index is 3540. The number of carboxylic acids is 1. The predicted octanol–water partition coefficient (Wildman–Crippen LogP) is 8.98. The monoisotopic (exact) mass is 1100 g/mol. The van der Waals surface area contributed by atoms with Crippen LogP contribution in [0.1, 0.15) is 57.5 Å². The van der Waals surface area contributed by atoms with Crippen LogP contribution in [0.5, 0.6) is 23.0 Å². The van der Waals surface area contributed by atoms with Crippen molar-refractivity contribution in [1.29, 1.82) is 0 Å². The second-order valence-corrected chi connectivity index (χ2v) is 20.1. The molecule has 3 N–H and O–H groups in total. The fourth-order valence-electron chi connectivity index (χ4n) is 8.88. The molecule has 1 saturated heterocycles. The zero-order chi connectivity index (χ0) is 57.0. The molecule has 22 heteroatoms. The summed E-state index contributed by atoms with van der Waals surface area (Å²) in [6.45, 7) is 5.22. The Morgan fingerprint density at radius 1 is 0.787 bits per heavy atom. The van der Waals surface area contributed by atoms with Crippen LogP contribution in [0.4, 0.5) is 39.8 Å². The molecule has 4 amide bonds. The van der Waals surface area contributed by atoms with Gasteiger partial charge in [-0.15, -0.1) is 22.0 Å². The molecule has 1 unspecified atom stereocenters. The summed E-state index contributed by atoms with van der Waals surface area (Å²) in [7, 11) is 8.70. The number of fused-ring (bicyclic) bond motifs is 2. The molecule has 0 saturated carbocycles. The van der Waals surface area contributed by atoms with Crippen LogP contribution < -0.4 is 45.1 Å². The smallest absolute Gasteiger partial charge is 0.336 e. The van der Waals surface area contributed by atoms with Gasteiger partial charge >= 0.3 is 5.97 Å². The Morgan fingerprint density at radius 3 is 2.09 bits per heavy atom. The number of azo groups is 2. The number of aromatic carboxylic acids is 1. The minimum Gasteiger partial charge on any atom is -0.494 e. The minimum atomic E-state index is -1.16. The van der Waals surface area contributed by atoms with Crippen molar-refractivity contribution >= 4 is 93.3 Å². The second kappa shape index (κ2) is 25.8. The molecule has 80 heavy (non-hydrogen) atoms. The number of nitrogens with one attached hydrogen (secondary N) is 2. The average molecular weight is 1100 g/mol. The summed E-state index contributed by atoms with van der Waals surface area (Å²) in [4.78, 5) is 80.8. The molecule has 6 aromatic carbocycles. The van der Waals surface area contributed by atoms with Crippen molar-refractivity contribution in [2.24, 2.45) is 20.5 Å². The number of rotatable bonds is 24. The molecule has 1 atom stereocenters. The molecule has 8 rings (SSSR count). The number of carboxylic acid groups (broad SMARTS) is 1. The number of carbonyl (C=O) groups is 5. The lowest BCUT2D eigenvalue weighted by atomic mass is 9.88. The number of thioether (sulfide) groups is 1. The van der Waals surface area contributed by atoms with Gasteiger partial charge in [0.1, 0.15) is 34.4 Å². The van der Waals surface area contributed by atoms with Crippen LogP contribution in [0.2, 0.25) is 0 Å². The van der Waals surface area contributed by atoms with Crippen LogP contribution in [0.25, 0.3) is 12.2 Å². The summed E-state index contributed by atoms with van der Waals surface area (Å²) >= 11 is 1.32. The van der Waals surface area contributed by atoms with Gasteiger partial charge in [0.25, 0.3) is 11.6 Å². The number of nitro benzene ring substituents is 1. The van der Waals surface area contributed by atoms with Crippen LogP contribution in [0.3, 0.4) is 0 Å². The minimum absolute atomic E-state index is 0.00752. The number of non-ortho nitro benzene ring substituents is 1. The molecule has 2 aliphatic heterocycles. The van der Waals surface area contributed by atoms with Crippen molar-refractivity contribution < 1.29 is 48.2 Å². The summed E-state index contributed by atoms with van der Waals surface area (Å²) < 4.78 is 17.3. The van der Waals surface area contributed by atoms with Gasteiger partial charge in [-0.2, -0.15) is 10.2 Å². The molecule has 21 nitrogen and oxygen atoms in total. The number of nitro groups is 1. The first-order valence-corrected chi connectivity index (χ1v) is 26.4. The van der Waals surface area contributed by atoms with Gasteiger partial charge in [-0.25, -0.2) is 4.79 Å². The lowest BCUT2D eigenvalue weighted by Crippen LogP contribution is -2.35. The fourth-order valence-corrected chi connectivity index (χ4v) is 9.91. The lowest BCUT2D eigenvalue weighted by molar-refractivity contribution is -0.384. The molecule has 1 fully saturated rings. The number of benzene rings is 6. The van der Waals surface area contributed by atoms with Gasteiger partial charge in [-0.1, -0.05) is 18.7 Å². The molecule has 0 spiro atoms. The van der Waals surface area contributed by atoms with Gasteiger partial charge < -0.3 is 39.8 Å². The topological polar surface area (TPSA) is 260 Å².